The number of carboxylic acids is 2. The van der Waals surface area contributed by atoms with Crippen molar-refractivity contribution in [3.8, 4) is 0 Å². The van der Waals surface area contributed by atoms with Crippen molar-refractivity contribution in [2.75, 3.05) is 0 Å². The van der Waals surface area contributed by atoms with Crippen molar-refractivity contribution in [1.29, 1.82) is 0 Å². The van der Waals surface area contributed by atoms with Crippen LogP contribution in [0.2, 0.25) is 0 Å². The van der Waals surface area contributed by atoms with Crippen molar-refractivity contribution in [3.63, 3.8) is 0 Å². The molecule has 0 aliphatic rings. The summed E-state index contributed by atoms with van der Waals surface area (Å²) in [5.41, 5.74) is 0. The van der Waals surface area contributed by atoms with Crippen LogP contribution >= 0.6 is 0 Å². The fraction of sp³-hybridized carbons (Fsp3) is 0.714. The lowest BCUT2D eigenvalue weighted by atomic mass is 9.99. The molecule has 4 heteroatoms. The maximum atomic E-state index is 10.2. The molecule has 2 N–H and O–H groups in total. The van der Waals surface area contributed by atoms with Crippen molar-refractivity contribution < 1.29 is 19.8 Å². The third kappa shape index (κ3) is 5.39. The first-order chi connectivity index (χ1) is 5.06. The summed E-state index contributed by atoms with van der Waals surface area (Å²) in [5.74, 6) is -2.10. The van der Waals surface area contributed by atoms with E-state index in [-0.39, 0.29) is 18.8 Å². The van der Waals surface area contributed by atoms with Crippen LogP contribution in [0.5, 0.6) is 0 Å². The zero-order valence-electron chi connectivity index (χ0n) is 6.41. The van der Waals surface area contributed by atoms with Crippen LogP contribution in [0.1, 0.15) is 26.2 Å². The normalized spacial score (nSPS) is 10.0. The Labute approximate surface area is 64.8 Å². The fourth-order valence-electron chi connectivity index (χ4n) is 0.855. The Morgan fingerprint density at radius 3 is 1.73 bits per heavy atom. The first kappa shape index (κ1) is 9.94. The van der Waals surface area contributed by atoms with Gasteiger partial charge in [0.2, 0.25) is 0 Å². The van der Waals surface area contributed by atoms with Crippen LogP contribution in [0.4, 0.5) is 0 Å². The Bertz CT molecular complexity index is 137. The molecule has 0 saturated carbocycles. The molecule has 0 aromatic carbocycles. The molecule has 64 valence electrons. The molecular weight excluding hydrogens is 148 g/mol. The van der Waals surface area contributed by atoms with Gasteiger partial charge in [0.05, 0.1) is 0 Å². The monoisotopic (exact) mass is 160 g/mol. The average Bonchev–Trinajstić information content (AvgIpc) is 1.84. The second-order valence-electron chi connectivity index (χ2n) is 2.47. The van der Waals surface area contributed by atoms with Crippen LogP contribution in [-0.4, -0.2) is 22.2 Å². The van der Waals surface area contributed by atoms with E-state index in [4.69, 9.17) is 10.2 Å². The second kappa shape index (κ2) is 4.71. The van der Waals surface area contributed by atoms with Crippen LogP contribution in [-0.2, 0) is 9.59 Å². The minimum atomic E-state index is -0.932. The van der Waals surface area contributed by atoms with E-state index in [0.29, 0.717) is 6.42 Å². The Kier molecular flexibility index (Phi) is 4.26. The molecule has 0 unspecified atom stereocenters. The maximum Gasteiger partial charge on any atom is 0.303 e. The van der Waals surface area contributed by atoms with Crippen LogP contribution in [0.3, 0.4) is 0 Å². The van der Waals surface area contributed by atoms with E-state index in [0.717, 1.165) is 0 Å². The fourth-order valence-corrected chi connectivity index (χ4v) is 0.855. The van der Waals surface area contributed by atoms with Gasteiger partial charge < -0.3 is 10.2 Å². The number of rotatable bonds is 5. The summed E-state index contributed by atoms with van der Waals surface area (Å²) in [5, 5.41) is 16.7. The van der Waals surface area contributed by atoms with Gasteiger partial charge in [0, 0.05) is 12.8 Å². The summed E-state index contributed by atoms with van der Waals surface area (Å²) in [6, 6.07) is 0. The highest BCUT2D eigenvalue weighted by atomic mass is 16.4. The molecule has 0 aromatic rings. The van der Waals surface area contributed by atoms with Gasteiger partial charge in [0.25, 0.3) is 0 Å². The van der Waals surface area contributed by atoms with Crippen LogP contribution in [0, 0.1) is 5.92 Å². The zero-order chi connectivity index (χ0) is 8.85. The van der Waals surface area contributed by atoms with Crippen LogP contribution < -0.4 is 0 Å². The van der Waals surface area contributed by atoms with E-state index >= 15 is 0 Å². The summed E-state index contributed by atoms with van der Waals surface area (Å²) in [4.78, 5) is 20.3. The molecule has 11 heavy (non-hydrogen) atoms. The van der Waals surface area contributed by atoms with Gasteiger partial charge in [-0.05, 0) is 5.92 Å². The van der Waals surface area contributed by atoms with Gasteiger partial charge in [0.15, 0.2) is 0 Å². The van der Waals surface area contributed by atoms with E-state index < -0.39 is 11.9 Å². The van der Waals surface area contributed by atoms with Gasteiger partial charge >= 0.3 is 11.9 Å². The van der Waals surface area contributed by atoms with E-state index in [2.05, 4.69) is 0 Å². The highest BCUT2D eigenvalue weighted by Crippen LogP contribution is 2.12. The number of hydrogen-bond donors (Lipinski definition) is 2. The standard InChI is InChI=1S/C7H12O4/c1-2-5(3-6(8)9)4-7(10)11/h5H,2-4H2,1H3,(H,8,9)(H,10,11). The van der Waals surface area contributed by atoms with E-state index in [1.54, 1.807) is 6.92 Å². The molecule has 0 saturated heterocycles. The Hall–Kier alpha value is -1.06. The Balaban J connectivity index is 3.76. The number of carboxylic acid groups (broad SMARTS) is 2. The van der Waals surface area contributed by atoms with E-state index in [1.807, 2.05) is 0 Å². The minimum Gasteiger partial charge on any atom is -0.481 e. The molecule has 0 atom stereocenters. The van der Waals surface area contributed by atoms with E-state index in [9.17, 15) is 9.59 Å². The lowest BCUT2D eigenvalue weighted by Crippen LogP contribution is -2.11. The molecule has 0 radical (unpaired) electrons. The Morgan fingerprint density at radius 2 is 1.55 bits per heavy atom. The molecular formula is C7H12O4. The molecule has 0 aromatic heterocycles. The third-order valence-corrected chi connectivity index (χ3v) is 1.50. The van der Waals surface area contributed by atoms with Crippen molar-refractivity contribution >= 4 is 11.9 Å². The second-order valence-corrected chi connectivity index (χ2v) is 2.47. The van der Waals surface area contributed by atoms with Gasteiger partial charge in [-0.2, -0.15) is 0 Å². The Morgan fingerprint density at radius 1 is 1.18 bits per heavy atom. The summed E-state index contributed by atoms with van der Waals surface area (Å²) in [6.07, 6.45) is 0.490. The predicted molar refractivity (Wildman–Crippen MR) is 38.3 cm³/mol. The van der Waals surface area contributed by atoms with Crippen molar-refractivity contribution in [2.24, 2.45) is 5.92 Å². The van der Waals surface area contributed by atoms with Gasteiger partial charge in [0.1, 0.15) is 0 Å². The molecule has 0 spiro atoms. The molecule has 0 aliphatic carbocycles. The summed E-state index contributed by atoms with van der Waals surface area (Å²) >= 11 is 0. The highest BCUT2D eigenvalue weighted by Gasteiger charge is 2.14. The quantitative estimate of drug-likeness (QED) is 0.628. The van der Waals surface area contributed by atoms with Crippen molar-refractivity contribution in [3.05, 3.63) is 0 Å². The van der Waals surface area contributed by atoms with Gasteiger partial charge in [-0.3, -0.25) is 9.59 Å². The highest BCUT2D eigenvalue weighted by molar-refractivity contribution is 5.70. The van der Waals surface area contributed by atoms with E-state index in [1.165, 1.54) is 0 Å². The third-order valence-electron chi connectivity index (χ3n) is 1.50. The minimum absolute atomic E-state index is 0.0528. The summed E-state index contributed by atoms with van der Waals surface area (Å²) in [7, 11) is 0. The number of aliphatic carboxylic acids is 2. The molecule has 0 rings (SSSR count). The van der Waals surface area contributed by atoms with Crippen LogP contribution in [0.15, 0.2) is 0 Å². The lowest BCUT2D eigenvalue weighted by Gasteiger charge is -2.07. The molecule has 0 heterocycles. The smallest absolute Gasteiger partial charge is 0.303 e. The molecule has 4 nitrogen and oxygen atoms in total. The molecule has 0 fully saturated rings. The molecule has 0 aliphatic heterocycles. The number of hydrogen-bond acceptors (Lipinski definition) is 2. The van der Waals surface area contributed by atoms with Crippen molar-refractivity contribution in [1.82, 2.24) is 0 Å². The first-order valence-electron chi connectivity index (χ1n) is 3.49. The van der Waals surface area contributed by atoms with Gasteiger partial charge in [-0.25, -0.2) is 0 Å². The topological polar surface area (TPSA) is 74.6 Å². The SMILES string of the molecule is CCC(CC(=O)O)CC(=O)O. The maximum absolute atomic E-state index is 10.2. The van der Waals surface area contributed by atoms with Crippen molar-refractivity contribution in [2.45, 2.75) is 26.2 Å². The largest absolute Gasteiger partial charge is 0.481 e. The predicted octanol–water partition coefficient (Wildman–Crippen LogP) is 0.962. The first-order valence-corrected chi connectivity index (χ1v) is 3.49. The summed E-state index contributed by atoms with van der Waals surface area (Å²) < 4.78 is 0. The van der Waals surface area contributed by atoms with Gasteiger partial charge in [-0.15, -0.1) is 0 Å². The molecule has 0 bridgehead atoms. The number of carbonyl (C=O) groups is 2. The lowest BCUT2D eigenvalue weighted by molar-refractivity contribution is -0.140. The zero-order valence-corrected chi connectivity index (χ0v) is 6.41. The van der Waals surface area contributed by atoms with Gasteiger partial charge in [-0.1, -0.05) is 13.3 Å². The van der Waals surface area contributed by atoms with Crippen LogP contribution in [0.25, 0.3) is 0 Å². The molecule has 0 amide bonds. The summed E-state index contributed by atoms with van der Waals surface area (Å²) in [6.45, 7) is 1.79. The average molecular weight is 160 g/mol.